The van der Waals surface area contributed by atoms with Crippen molar-refractivity contribution < 1.29 is 4.79 Å². The molecule has 2 aromatic rings. The van der Waals surface area contributed by atoms with Crippen molar-refractivity contribution in [3.8, 4) is 0 Å². The summed E-state index contributed by atoms with van der Waals surface area (Å²) in [7, 11) is 0. The lowest BCUT2D eigenvalue weighted by molar-refractivity contribution is 0.262. The Labute approximate surface area is 114 Å². The van der Waals surface area contributed by atoms with Gasteiger partial charge in [0.1, 0.15) is 0 Å². The molecular weight excluding hydrogens is 294 g/mol. The Balaban J connectivity index is 1.98. The van der Waals surface area contributed by atoms with Crippen molar-refractivity contribution in [2.75, 3.05) is 10.6 Å². The highest BCUT2D eigenvalue weighted by Crippen LogP contribution is 2.16. The molecule has 0 unspecified atom stereocenters. The Hall–Kier alpha value is -1.88. The minimum Gasteiger partial charge on any atom is -0.308 e. The molecule has 0 saturated carbocycles. The van der Waals surface area contributed by atoms with Crippen LogP contribution in [0.15, 0.2) is 47.1 Å². The average molecular weight is 306 g/mol. The fourth-order valence-electron chi connectivity index (χ4n) is 1.40. The van der Waals surface area contributed by atoms with Crippen LogP contribution in [-0.2, 0) is 0 Å². The molecule has 0 spiro atoms. The van der Waals surface area contributed by atoms with Crippen molar-refractivity contribution in [2.45, 2.75) is 6.92 Å². The topological polar surface area (TPSA) is 54.0 Å². The Bertz CT molecular complexity index is 554. The highest BCUT2D eigenvalue weighted by molar-refractivity contribution is 9.10. The fraction of sp³-hybridized carbons (Fsp3) is 0.0769. The van der Waals surface area contributed by atoms with Gasteiger partial charge in [-0.25, -0.2) is 4.79 Å². The number of hydrogen-bond donors (Lipinski definition) is 2. The molecular formula is C13H12BrN3O. The number of hydrogen-bond acceptors (Lipinski definition) is 2. The summed E-state index contributed by atoms with van der Waals surface area (Å²) < 4.78 is 0.914. The van der Waals surface area contributed by atoms with Gasteiger partial charge in [0.15, 0.2) is 0 Å². The second-order valence-corrected chi connectivity index (χ2v) is 4.69. The maximum absolute atomic E-state index is 11.7. The van der Waals surface area contributed by atoms with E-state index in [4.69, 9.17) is 0 Å². The molecule has 0 aliphatic heterocycles. The maximum atomic E-state index is 11.7. The number of nitrogens with zero attached hydrogens (tertiary/aromatic N) is 1. The first-order valence-electron chi connectivity index (χ1n) is 5.40. The van der Waals surface area contributed by atoms with E-state index < -0.39 is 0 Å². The number of rotatable bonds is 2. The van der Waals surface area contributed by atoms with Crippen LogP contribution in [0.2, 0.25) is 0 Å². The number of amides is 2. The summed E-state index contributed by atoms with van der Waals surface area (Å²) in [6.07, 6.45) is 1.62. The molecule has 1 aromatic carbocycles. The first-order valence-corrected chi connectivity index (χ1v) is 6.19. The summed E-state index contributed by atoms with van der Waals surface area (Å²) in [6, 6.07) is 10.8. The summed E-state index contributed by atoms with van der Waals surface area (Å²) in [5, 5.41) is 5.45. The van der Waals surface area contributed by atoms with Gasteiger partial charge in [-0.15, -0.1) is 0 Å². The molecule has 0 saturated heterocycles. The van der Waals surface area contributed by atoms with Gasteiger partial charge in [0.25, 0.3) is 0 Å². The molecule has 0 atom stereocenters. The molecule has 2 N–H and O–H groups in total. The Morgan fingerprint density at radius 3 is 2.61 bits per heavy atom. The molecule has 0 fully saturated rings. The van der Waals surface area contributed by atoms with Gasteiger partial charge >= 0.3 is 6.03 Å². The monoisotopic (exact) mass is 305 g/mol. The number of carbonyl (C=O) groups excluding carboxylic acids is 1. The number of benzene rings is 1. The van der Waals surface area contributed by atoms with Crippen LogP contribution in [-0.4, -0.2) is 11.0 Å². The molecule has 0 radical (unpaired) electrons. The minimum atomic E-state index is -0.293. The SMILES string of the molecule is Cc1ccc(NC(=O)Nc2cccc(Br)c2)cn1. The summed E-state index contributed by atoms with van der Waals surface area (Å²) >= 11 is 3.35. The van der Waals surface area contributed by atoms with Crippen molar-refractivity contribution in [3.63, 3.8) is 0 Å². The lowest BCUT2D eigenvalue weighted by Gasteiger charge is -2.07. The van der Waals surface area contributed by atoms with E-state index in [1.807, 2.05) is 43.3 Å². The van der Waals surface area contributed by atoms with Crippen LogP contribution in [0.3, 0.4) is 0 Å². The van der Waals surface area contributed by atoms with Crippen molar-refractivity contribution >= 4 is 33.3 Å². The van der Waals surface area contributed by atoms with Crippen LogP contribution >= 0.6 is 15.9 Å². The van der Waals surface area contributed by atoms with Crippen LogP contribution in [0.5, 0.6) is 0 Å². The standard InChI is InChI=1S/C13H12BrN3O/c1-9-5-6-12(8-15-9)17-13(18)16-11-4-2-3-10(14)7-11/h2-8H,1H3,(H2,16,17,18). The molecule has 5 heteroatoms. The molecule has 92 valence electrons. The number of anilines is 2. The number of carbonyl (C=O) groups is 1. The number of nitrogens with one attached hydrogen (secondary N) is 2. The van der Waals surface area contributed by atoms with Crippen LogP contribution in [0.1, 0.15) is 5.69 Å². The molecule has 0 bridgehead atoms. The fourth-order valence-corrected chi connectivity index (χ4v) is 1.80. The number of aromatic nitrogens is 1. The molecule has 4 nitrogen and oxygen atoms in total. The summed E-state index contributed by atoms with van der Waals surface area (Å²) in [6.45, 7) is 1.89. The summed E-state index contributed by atoms with van der Waals surface area (Å²) in [5.41, 5.74) is 2.29. The Morgan fingerprint density at radius 2 is 1.94 bits per heavy atom. The Kier molecular flexibility index (Phi) is 3.94. The number of urea groups is 1. The Morgan fingerprint density at radius 1 is 1.17 bits per heavy atom. The molecule has 1 heterocycles. The summed E-state index contributed by atoms with van der Waals surface area (Å²) in [5.74, 6) is 0. The molecule has 0 aliphatic rings. The van der Waals surface area contributed by atoms with Crippen LogP contribution in [0.25, 0.3) is 0 Å². The van der Waals surface area contributed by atoms with E-state index in [1.165, 1.54) is 0 Å². The van der Waals surface area contributed by atoms with E-state index in [0.29, 0.717) is 5.69 Å². The molecule has 1 aromatic heterocycles. The smallest absolute Gasteiger partial charge is 0.308 e. The molecule has 18 heavy (non-hydrogen) atoms. The number of aryl methyl sites for hydroxylation is 1. The molecule has 0 aliphatic carbocycles. The average Bonchev–Trinajstić information content (AvgIpc) is 2.32. The number of halogens is 1. The van der Waals surface area contributed by atoms with E-state index >= 15 is 0 Å². The number of pyridine rings is 1. The quantitative estimate of drug-likeness (QED) is 0.886. The minimum absolute atomic E-state index is 0.293. The van der Waals surface area contributed by atoms with E-state index in [-0.39, 0.29) is 6.03 Å². The lowest BCUT2D eigenvalue weighted by atomic mass is 10.3. The van der Waals surface area contributed by atoms with Crippen molar-refractivity contribution in [1.82, 2.24) is 4.98 Å². The van der Waals surface area contributed by atoms with Gasteiger partial charge in [0.2, 0.25) is 0 Å². The lowest BCUT2D eigenvalue weighted by Crippen LogP contribution is -2.19. The van der Waals surface area contributed by atoms with Gasteiger partial charge in [-0.3, -0.25) is 4.98 Å². The third-order valence-corrected chi connectivity index (χ3v) is 2.74. The van der Waals surface area contributed by atoms with E-state index in [9.17, 15) is 4.79 Å². The normalized spacial score (nSPS) is 9.89. The van der Waals surface area contributed by atoms with Gasteiger partial charge in [-0.05, 0) is 37.3 Å². The second-order valence-electron chi connectivity index (χ2n) is 3.78. The van der Waals surface area contributed by atoms with Crippen LogP contribution in [0.4, 0.5) is 16.2 Å². The first-order chi connectivity index (χ1) is 8.63. The van der Waals surface area contributed by atoms with Gasteiger partial charge in [0.05, 0.1) is 11.9 Å². The van der Waals surface area contributed by atoms with E-state index in [2.05, 4.69) is 31.5 Å². The van der Waals surface area contributed by atoms with E-state index in [0.717, 1.165) is 15.9 Å². The van der Waals surface area contributed by atoms with Crippen LogP contribution in [0, 0.1) is 6.92 Å². The van der Waals surface area contributed by atoms with Crippen molar-refractivity contribution in [1.29, 1.82) is 0 Å². The highest BCUT2D eigenvalue weighted by Gasteiger charge is 2.02. The highest BCUT2D eigenvalue weighted by atomic mass is 79.9. The predicted octanol–water partition coefficient (Wildman–Crippen LogP) is 3.80. The predicted molar refractivity (Wildman–Crippen MR) is 75.8 cm³/mol. The first kappa shape index (κ1) is 12.6. The van der Waals surface area contributed by atoms with Gasteiger partial charge in [0, 0.05) is 15.9 Å². The summed E-state index contributed by atoms with van der Waals surface area (Å²) in [4.78, 5) is 15.8. The second kappa shape index (κ2) is 5.64. The van der Waals surface area contributed by atoms with Crippen molar-refractivity contribution in [2.24, 2.45) is 0 Å². The largest absolute Gasteiger partial charge is 0.323 e. The maximum Gasteiger partial charge on any atom is 0.323 e. The van der Waals surface area contributed by atoms with E-state index in [1.54, 1.807) is 6.20 Å². The van der Waals surface area contributed by atoms with Crippen LogP contribution < -0.4 is 10.6 Å². The third kappa shape index (κ3) is 3.56. The molecule has 2 rings (SSSR count). The van der Waals surface area contributed by atoms with Gasteiger partial charge in [-0.1, -0.05) is 22.0 Å². The molecule has 2 amide bonds. The zero-order valence-electron chi connectivity index (χ0n) is 9.77. The zero-order valence-corrected chi connectivity index (χ0v) is 11.4. The zero-order chi connectivity index (χ0) is 13.0. The van der Waals surface area contributed by atoms with Gasteiger partial charge < -0.3 is 10.6 Å². The van der Waals surface area contributed by atoms with Crippen molar-refractivity contribution in [3.05, 3.63) is 52.8 Å². The third-order valence-electron chi connectivity index (χ3n) is 2.25. The van der Waals surface area contributed by atoms with Gasteiger partial charge in [-0.2, -0.15) is 0 Å².